The predicted molar refractivity (Wildman–Crippen MR) is 55.5 cm³/mol. The van der Waals surface area contributed by atoms with Crippen LogP contribution in [0, 0.1) is 0 Å². The van der Waals surface area contributed by atoms with E-state index < -0.39 is 0 Å². The topological polar surface area (TPSA) is 48.4 Å². The van der Waals surface area contributed by atoms with Crippen LogP contribution in [0.2, 0.25) is 0 Å². The Balaban J connectivity index is 2.52. The van der Waals surface area contributed by atoms with Crippen molar-refractivity contribution >= 4 is 11.0 Å². The van der Waals surface area contributed by atoms with Gasteiger partial charge in [-0.25, -0.2) is 0 Å². The van der Waals surface area contributed by atoms with E-state index >= 15 is 0 Å². The van der Waals surface area contributed by atoms with Gasteiger partial charge in [0.2, 0.25) is 0 Å². The van der Waals surface area contributed by atoms with Crippen LogP contribution in [0.5, 0.6) is 5.75 Å². The lowest BCUT2D eigenvalue weighted by Crippen LogP contribution is -2.01. The van der Waals surface area contributed by atoms with Gasteiger partial charge in [0, 0.05) is 5.39 Å². The van der Waals surface area contributed by atoms with Crippen LogP contribution in [0.15, 0.2) is 28.9 Å². The maximum Gasteiger partial charge on any atom is 0.134 e. The van der Waals surface area contributed by atoms with Crippen molar-refractivity contribution in [3.8, 4) is 5.75 Å². The van der Waals surface area contributed by atoms with E-state index in [0.717, 1.165) is 28.7 Å². The molecule has 0 aliphatic heterocycles. The summed E-state index contributed by atoms with van der Waals surface area (Å²) in [5.41, 5.74) is 7.53. The van der Waals surface area contributed by atoms with Crippen molar-refractivity contribution < 1.29 is 9.15 Å². The molecule has 0 saturated heterocycles. The number of ether oxygens (including phenoxy) is 1. The smallest absolute Gasteiger partial charge is 0.134 e. The van der Waals surface area contributed by atoms with Gasteiger partial charge in [0.1, 0.15) is 11.3 Å². The van der Waals surface area contributed by atoms with E-state index in [0.29, 0.717) is 6.54 Å². The van der Waals surface area contributed by atoms with Gasteiger partial charge in [-0.3, -0.25) is 0 Å². The molecule has 3 heteroatoms. The fraction of sp³-hybridized carbons (Fsp3) is 0.273. The molecule has 0 unspecified atom stereocenters. The van der Waals surface area contributed by atoms with E-state index in [1.807, 2.05) is 18.2 Å². The highest BCUT2D eigenvalue weighted by atomic mass is 16.5. The zero-order valence-corrected chi connectivity index (χ0v) is 8.12. The predicted octanol–water partition coefficient (Wildman–Crippen LogP) is 1.94. The highest BCUT2D eigenvalue weighted by molar-refractivity contribution is 5.82. The molecule has 0 atom stereocenters. The number of hydrogen-bond donors (Lipinski definition) is 1. The zero-order chi connectivity index (χ0) is 9.97. The molecule has 0 fully saturated rings. The zero-order valence-electron chi connectivity index (χ0n) is 8.12. The molecule has 1 aromatic heterocycles. The maximum absolute atomic E-state index is 5.51. The van der Waals surface area contributed by atoms with Gasteiger partial charge in [-0.1, -0.05) is 0 Å². The van der Waals surface area contributed by atoms with Crippen molar-refractivity contribution in [3.05, 3.63) is 30.0 Å². The second kappa shape index (κ2) is 3.72. The standard InChI is InChI=1S/C11H13NO2/c1-13-9-2-3-11-10(6-9)8(4-5-12)7-14-11/h2-3,6-7H,4-5,12H2,1H3. The Morgan fingerprint density at radius 3 is 3.00 bits per heavy atom. The summed E-state index contributed by atoms with van der Waals surface area (Å²) in [6.45, 7) is 0.631. The minimum Gasteiger partial charge on any atom is -0.497 e. The summed E-state index contributed by atoms with van der Waals surface area (Å²) in [7, 11) is 1.66. The van der Waals surface area contributed by atoms with Gasteiger partial charge in [-0.2, -0.15) is 0 Å². The Kier molecular flexibility index (Phi) is 2.41. The summed E-state index contributed by atoms with van der Waals surface area (Å²) in [6.07, 6.45) is 2.59. The molecule has 0 bridgehead atoms. The summed E-state index contributed by atoms with van der Waals surface area (Å²) in [6, 6.07) is 5.77. The largest absolute Gasteiger partial charge is 0.497 e. The molecular formula is C11H13NO2. The molecule has 0 saturated carbocycles. The van der Waals surface area contributed by atoms with Crippen molar-refractivity contribution in [1.29, 1.82) is 0 Å². The molecule has 14 heavy (non-hydrogen) atoms. The summed E-state index contributed by atoms with van der Waals surface area (Å²) in [4.78, 5) is 0. The van der Waals surface area contributed by atoms with E-state index in [4.69, 9.17) is 14.9 Å². The molecule has 0 spiro atoms. The lowest BCUT2D eigenvalue weighted by molar-refractivity contribution is 0.415. The lowest BCUT2D eigenvalue weighted by atomic mass is 10.1. The van der Waals surface area contributed by atoms with Crippen LogP contribution in [0.4, 0.5) is 0 Å². The normalized spacial score (nSPS) is 10.7. The highest BCUT2D eigenvalue weighted by Crippen LogP contribution is 2.25. The monoisotopic (exact) mass is 191 g/mol. The van der Waals surface area contributed by atoms with Crippen LogP contribution in [-0.2, 0) is 6.42 Å². The molecular weight excluding hydrogens is 178 g/mol. The first-order valence-electron chi connectivity index (χ1n) is 4.59. The first-order valence-corrected chi connectivity index (χ1v) is 4.59. The van der Waals surface area contributed by atoms with Crippen LogP contribution < -0.4 is 10.5 Å². The lowest BCUT2D eigenvalue weighted by Gasteiger charge is -1.99. The Morgan fingerprint density at radius 1 is 1.43 bits per heavy atom. The highest BCUT2D eigenvalue weighted by Gasteiger charge is 2.05. The van der Waals surface area contributed by atoms with Crippen LogP contribution in [-0.4, -0.2) is 13.7 Å². The van der Waals surface area contributed by atoms with Crippen molar-refractivity contribution in [1.82, 2.24) is 0 Å². The second-order valence-electron chi connectivity index (χ2n) is 3.16. The van der Waals surface area contributed by atoms with Gasteiger partial charge < -0.3 is 14.9 Å². The van der Waals surface area contributed by atoms with Crippen LogP contribution in [0.25, 0.3) is 11.0 Å². The van der Waals surface area contributed by atoms with Crippen molar-refractivity contribution in [3.63, 3.8) is 0 Å². The summed E-state index contributed by atoms with van der Waals surface area (Å²) in [5.74, 6) is 0.845. The van der Waals surface area contributed by atoms with Gasteiger partial charge in [0.05, 0.1) is 13.4 Å². The molecule has 0 aliphatic carbocycles. The number of rotatable bonds is 3. The quantitative estimate of drug-likeness (QED) is 0.806. The van der Waals surface area contributed by atoms with Crippen molar-refractivity contribution in [2.45, 2.75) is 6.42 Å². The third kappa shape index (κ3) is 1.46. The third-order valence-electron chi connectivity index (χ3n) is 2.27. The molecule has 1 heterocycles. The van der Waals surface area contributed by atoms with Crippen LogP contribution >= 0.6 is 0 Å². The Bertz CT molecular complexity index is 434. The van der Waals surface area contributed by atoms with Crippen LogP contribution in [0.1, 0.15) is 5.56 Å². The van der Waals surface area contributed by atoms with E-state index in [1.54, 1.807) is 13.4 Å². The summed E-state index contributed by atoms with van der Waals surface area (Å²) >= 11 is 0. The maximum atomic E-state index is 5.51. The Morgan fingerprint density at radius 2 is 2.29 bits per heavy atom. The fourth-order valence-corrected chi connectivity index (χ4v) is 1.54. The van der Waals surface area contributed by atoms with Crippen molar-refractivity contribution in [2.24, 2.45) is 5.73 Å². The first-order chi connectivity index (χ1) is 6.85. The van der Waals surface area contributed by atoms with E-state index in [9.17, 15) is 0 Å². The molecule has 2 rings (SSSR count). The second-order valence-corrected chi connectivity index (χ2v) is 3.16. The van der Waals surface area contributed by atoms with Crippen LogP contribution in [0.3, 0.4) is 0 Å². The van der Waals surface area contributed by atoms with E-state index in [1.165, 1.54) is 0 Å². The molecule has 0 radical (unpaired) electrons. The molecule has 0 aliphatic rings. The summed E-state index contributed by atoms with van der Waals surface area (Å²) < 4.78 is 10.5. The number of nitrogens with two attached hydrogens (primary N) is 1. The van der Waals surface area contributed by atoms with Gasteiger partial charge in [0.25, 0.3) is 0 Å². The average Bonchev–Trinajstić information content (AvgIpc) is 2.61. The van der Waals surface area contributed by atoms with Gasteiger partial charge in [0.15, 0.2) is 0 Å². The molecule has 74 valence electrons. The molecule has 1 aromatic carbocycles. The summed E-state index contributed by atoms with van der Waals surface area (Å²) in [5, 5.41) is 1.09. The minimum absolute atomic E-state index is 0.631. The van der Waals surface area contributed by atoms with Gasteiger partial charge in [-0.05, 0) is 36.7 Å². The number of hydrogen-bond acceptors (Lipinski definition) is 3. The molecule has 2 aromatic rings. The number of methoxy groups -OCH3 is 1. The van der Waals surface area contributed by atoms with Crippen molar-refractivity contribution in [2.75, 3.05) is 13.7 Å². The average molecular weight is 191 g/mol. The Labute approximate surface area is 82.5 Å². The molecule has 0 amide bonds. The van der Waals surface area contributed by atoms with Gasteiger partial charge in [-0.15, -0.1) is 0 Å². The molecule has 3 nitrogen and oxygen atoms in total. The Hall–Kier alpha value is -1.48. The fourth-order valence-electron chi connectivity index (χ4n) is 1.54. The van der Waals surface area contributed by atoms with E-state index in [-0.39, 0.29) is 0 Å². The molecule has 2 N–H and O–H groups in total. The minimum atomic E-state index is 0.631. The number of fused-ring (bicyclic) bond motifs is 1. The number of furan rings is 1. The first kappa shape index (κ1) is 9.09. The number of benzene rings is 1. The third-order valence-corrected chi connectivity index (χ3v) is 2.27. The SMILES string of the molecule is COc1ccc2occ(CCN)c2c1. The van der Waals surface area contributed by atoms with Gasteiger partial charge >= 0.3 is 0 Å². The van der Waals surface area contributed by atoms with E-state index in [2.05, 4.69) is 0 Å².